The number of thiophene rings is 1. The third-order valence-corrected chi connectivity index (χ3v) is 4.77. The molecule has 1 heterocycles. The van der Waals surface area contributed by atoms with Crippen LogP contribution in [0, 0.1) is 6.92 Å². The summed E-state index contributed by atoms with van der Waals surface area (Å²) in [7, 11) is 4.43. The molecule has 2 rings (SSSR count). The Morgan fingerprint density at radius 2 is 1.69 bits per heavy atom. The molecule has 0 spiro atoms. The van der Waals surface area contributed by atoms with Crippen LogP contribution in [0.15, 0.2) is 23.6 Å². The smallest absolute Gasteiger partial charge is 0.251 e. The highest BCUT2D eigenvalue weighted by atomic mass is 32.1. The van der Waals surface area contributed by atoms with Gasteiger partial charge in [0.25, 0.3) is 5.91 Å². The monoisotopic (exact) mass is 378 g/mol. The molecule has 0 aliphatic heterocycles. The Bertz CT molecular complexity index is 763. The van der Waals surface area contributed by atoms with Crippen molar-refractivity contribution in [2.24, 2.45) is 0 Å². The van der Waals surface area contributed by atoms with Crippen LogP contribution in [0.2, 0.25) is 0 Å². The first-order valence-electron chi connectivity index (χ1n) is 7.88. The summed E-state index contributed by atoms with van der Waals surface area (Å²) >= 11 is 1.58. The lowest BCUT2D eigenvalue weighted by Gasteiger charge is -2.14. The van der Waals surface area contributed by atoms with Crippen LogP contribution in [-0.2, 0) is 11.3 Å². The number of carbonyl (C=O) groups is 2. The van der Waals surface area contributed by atoms with Gasteiger partial charge in [-0.05, 0) is 36.1 Å². The maximum atomic E-state index is 12.3. The molecule has 0 fully saturated rings. The van der Waals surface area contributed by atoms with Crippen molar-refractivity contribution in [2.45, 2.75) is 13.5 Å². The molecule has 140 valence electrons. The van der Waals surface area contributed by atoms with Gasteiger partial charge in [0.15, 0.2) is 11.5 Å². The Hall–Kier alpha value is -2.74. The van der Waals surface area contributed by atoms with Gasteiger partial charge in [0.1, 0.15) is 0 Å². The minimum atomic E-state index is -0.410. The van der Waals surface area contributed by atoms with Crippen molar-refractivity contribution < 1.29 is 23.8 Å². The zero-order valence-electron chi connectivity index (χ0n) is 15.2. The number of aryl methyl sites for hydroxylation is 1. The van der Waals surface area contributed by atoms with E-state index in [1.165, 1.54) is 33.5 Å². The molecular weight excluding hydrogens is 356 g/mol. The SMILES string of the molecule is COc1cc(C(=O)NCC(=O)NCc2sccc2C)cc(OC)c1OC. The molecule has 0 saturated heterocycles. The number of carbonyl (C=O) groups excluding carboxylic acids is 2. The molecule has 2 aromatic rings. The average Bonchev–Trinajstić information content (AvgIpc) is 3.07. The highest BCUT2D eigenvalue weighted by Crippen LogP contribution is 2.38. The second kappa shape index (κ2) is 9.10. The molecule has 0 aliphatic rings. The fraction of sp³-hybridized carbons (Fsp3) is 0.333. The number of ether oxygens (including phenoxy) is 3. The van der Waals surface area contributed by atoms with Gasteiger partial charge in [0.05, 0.1) is 34.4 Å². The van der Waals surface area contributed by atoms with Crippen LogP contribution >= 0.6 is 11.3 Å². The largest absolute Gasteiger partial charge is 0.493 e. The van der Waals surface area contributed by atoms with Crippen molar-refractivity contribution in [1.82, 2.24) is 10.6 Å². The Labute approximate surface area is 156 Å². The van der Waals surface area contributed by atoms with E-state index in [-0.39, 0.29) is 12.5 Å². The minimum Gasteiger partial charge on any atom is -0.493 e. The molecule has 0 unspecified atom stereocenters. The Kier molecular flexibility index (Phi) is 6.85. The molecular formula is C18H22N2O5S. The number of nitrogens with one attached hydrogen (secondary N) is 2. The summed E-state index contributed by atoms with van der Waals surface area (Å²) in [5.41, 5.74) is 1.44. The van der Waals surface area contributed by atoms with Crippen LogP contribution < -0.4 is 24.8 Å². The van der Waals surface area contributed by atoms with E-state index in [1.807, 2.05) is 18.4 Å². The maximum absolute atomic E-state index is 12.3. The van der Waals surface area contributed by atoms with E-state index < -0.39 is 5.91 Å². The lowest BCUT2D eigenvalue weighted by atomic mass is 10.1. The topological polar surface area (TPSA) is 85.9 Å². The van der Waals surface area contributed by atoms with Gasteiger partial charge < -0.3 is 24.8 Å². The second-order valence-electron chi connectivity index (χ2n) is 5.40. The summed E-state index contributed by atoms with van der Waals surface area (Å²) in [4.78, 5) is 25.4. The first-order chi connectivity index (χ1) is 12.5. The van der Waals surface area contributed by atoms with Crippen LogP contribution in [-0.4, -0.2) is 39.7 Å². The molecule has 1 aromatic carbocycles. The number of amides is 2. The van der Waals surface area contributed by atoms with E-state index in [2.05, 4.69) is 10.6 Å². The van der Waals surface area contributed by atoms with Crippen molar-refractivity contribution in [2.75, 3.05) is 27.9 Å². The van der Waals surface area contributed by atoms with Gasteiger partial charge in [-0.2, -0.15) is 0 Å². The van der Waals surface area contributed by atoms with Gasteiger partial charge in [-0.3, -0.25) is 9.59 Å². The van der Waals surface area contributed by atoms with Crippen molar-refractivity contribution in [1.29, 1.82) is 0 Å². The lowest BCUT2D eigenvalue weighted by molar-refractivity contribution is -0.120. The number of methoxy groups -OCH3 is 3. The molecule has 2 N–H and O–H groups in total. The highest BCUT2D eigenvalue weighted by molar-refractivity contribution is 7.10. The summed E-state index contributed by atoms with van der Waals surface area (Å²) in [6.45, 7) is 2.31. The molecule has 2 amide bonds. The first kappa shape index (κ1) is 19.6. The number of benzene rings is 1. The highest BCUT2D eigenvalue weighted by Gasteiger charge is 2.17. The van der Waals surface area contributed by atoms with Crippen LogP contribution in [0.4, 0.5) is 0 Å². The normalized spacial score (nSPS) is 10.2. The van der Waals surface area contributed by atoms with E-state index in [0.29, 0.717) is 29.4 Å². The molecule has 8 heteroatoms. The van der Waals surface area contributed by atoms with Gasteiger partial charge in [-0.25, -0.2) is 0 Å². The summed E-state index contributed by atoms with van der Waals surface area (Å²) < 4.78 is 15.7. The van der Waals surface area contributed by atoms with Gasteiger partial charge in [0, 0.05) is 10.4 Å². The van der Waals surface area contributed by atoms with E-state index >= 15 is 0 Å². The Morgan fingerprint density at radius 3 is 2.19 bits per heavy atom. The lowest BCUT2D eigenvalue weighted by Crippen LogP contribution is -2.36. The van der Waals surface area contributed by atoms with Gasteiger partial charge in [-0.1, -0.05) is 0 Å². The van der Waals surface area contributed by atoms with Crippen LogP contribution in [0.5, 0.6) is 17.2 Å². The van der Waals surface area contributed by atoms with Crippen LogP contribution in [0.1, 0.15) is 20.8 Å². The molecule has 0 radical (unpaired) electrons. The van der Waals surface area contributed by atoms with Crippen LogP contribution in [0.25, 0.3) is 0 Å². The first-order valence-corrected chi connectivity index (χ1v) is 8.76. The second-order valence-corrected chi connectivity index (χ2v) is 6.40. The zero-order chi connectivity index (χ0) is 19.1. The number of hydrogen-bond acceptors (Lipinski definition) is 6. The average molecular weight is 378 g/mol. The van der Waals surface area contributed by atoms with E-state index in [4.69, 9.17) is 14.2 Å². The predicted molar refractivity (Wildman–Crippen MR) is 99.3 cm³/mol. The van der Waals surface area contributed by atoms with Crippen molar-refractivity contribution in [3.05, 3.63) is 39.6 Å². The summed E-state index contributed by atoms with van der Waals surface area (Å²) in [5, 5.41) is 7.34. The van der Waals surface area contributed by atoms with Gasteiger partial charge in [-0.15, -0.1) is 11.3 Å². The predicted octanol–water partition coefficient (Wildman–Crippen LogP) is 2.13. The maximum Gasteiger partial charge on any atom is 0.251 e. The van der Waals surface area contributed by atoms with Gasteiger partial charge >= 0.3 is 0 Å². The fourth-order valence-corrected chi connectivity index (χ4v) is 3.15. The molecule has 0 aliphatic carbocycles. The molecule has 0 saturated carbocycles. The van der Waals surface area contributed by atoms with Gasteiger partial charge in [0.2, 0.25) is 11.7 Å². The quantitative estimate of drug-likeness (QED) is 0.735. The number of hydrogen-bond donors (Lipinski definition) is 2. The van der Waals surface area contributed by atoms with Crippen molar-refractivity contribution in [3.63, 3.8) is 0 Å². The molecule has 26 heavy (non-hydrogen) atoms. The van der Waals surface area contributed by atoms with E-state index in [0.717, 1.165) is 10.4 Å². The molecule has 0 bridgehead atoms. The molecule has 0 atom stereocenters. The van der Waals surface area contributed by atoms with Crippen molar-refractivity contribution in [3.8, 4) is 17.2 Å². The summed E-state index contributed by atoms with van der Waals surface area (Å²) in [5.74, 6) is 0.463. The third kappa shape index (κ3) is 4.66. The fourth-order valence-electron chi connectivity index (χ4n) is 2.30. The third-order valence-electron chi connectivity index (χ3n) is 3.75. The minimum absolute atomic E-state index is 0.125. The number of rotatable bonds is 8. The standard InChI is InChI=1S/C18H22N2O5S/c1-11-5-6-26-15(11)9-19-16(21)10-20-18(22)12-7-13(23-2)17(25-4)14(8-12)24-3/h5-8H,9-10H2,1-4H3,(H,19,21)(H,20,22). The summed E-state index contributed by atoms with van der Waals surface area (Å²) in [6.07, 6.45) is 0. The molecule has 1 aromatic heterocycles. The van der Waals surface area contributed by atoms with Crippen molar-refractivity contribution >= 4 is 23.2 Å². The Morgan fingerprint density at radius 1 is 1.04 bits per heavy atom. The summed E-state index contributed by atoms with van der Waals surface area (Å²) in [6, 6.07) is 5.06. The van der Waals surface area contributed by atoms with E-state index in [1.54, 1.807) is 11.3 Å². The van der Waals surface area contributed by atoms with E-state index in [9.17, 15) is 9.59 Å². The van der Waals surface area contributed by atoms with Crippen LogP contribution in [0.3, 0.4) is 0 Å². The zero-order valence-corrected chi connectivity index (χ0v) is 16.0. The molecule has 7 nitrogen and oxygen atoms in total. The Balaban J connectivity index is 1.96.